The van der Waals surface area contributed by atoms with Crippen LogP contribution < -0.4 is 4.74 Å². The van der Waals surface area contributed by atoms with Crippen LogP contribution in [0.1, 0.15) is 11.5 Å². The van der Waals surface area contributed by atoms with E-state index < -0.39 is 0 Å². The lowest BCUT2D eigenvalue weighted by atomic mass is 9.91. The second-order valence-electron chi connectivity index (χ2n) is 7.78. The van der Waals surface area contributed by atoms with Crippen LogP contribution in [0.25, 0.3) is 34.2 Å². The molecule has 3 aromatic carbocycles. The van der Waals surface area contributed by atoms with Gasteiger partial charge in [-0.25, -0.2) is 15.0 Å². The SMILES string of the molecule is Brc1cccc(-c2nc(-c3ccccc3)nc(-c3cccc4c3OC3C=CC=CC43)n2)c1. The quantitative estimate of drug-likeness (QED) is 0.331. The van der Waals surface area contributed by atoms with E-state index in [2.05, 4.69) is 46.3 Å². The van der Waals surface area contributed by atoms with E-state index in [9.17, 15) is 0 Å². The highest BCUT2D eigenvalue weighted by atomic mass is 79.9. The number of para-hydroxylation sites is 1. The summed E-state index contributed by atoms with van der Waals surface area (Å²) in [6.45, 7) is 0. The normalized spacial score (nSPS) is 18.2. The number of hydrogen-bond donors (Lipinski definition) is 0. The molecule has 0 radical (unpaired) electrons. The van der Waals surface area contributed by atoms with Gasteiger partial charge in [0.2, 0.25) is 0 Å². The summed E-state index contributed by atoms with van der Waals surface area (Å²) in [4.78, 5) is 14.5. The molecule has 1 aromatic heterocycles. The van der Waals surface area contributed by atoms with Gasteiger partial charge in [0.05, 0.1) is 5.56 Å². The van der Waals surface area contributed by atoms with Crippen LogP contribution in [0, 0.1) is 0 Å². The topological polar surface area (TPSA) is 47.9 Å². The molecule has 0 saturated carbocycles. The van der Waals surface area contributed by atoms with E-state index >= 15 is 0 Å². The molecule has 2 unspecified atom stereocenters. The zero-order chi connectivity index (χ0) is 21.5. The Balaban J connectivity index is 1.55. The van der Waals surface area contributed by atoms with Crippen LogP contribution in [0.3, 0.4) is 0 Å². The third-order valence-corrected chi connectivity index (χ3v) is 6.23. The van der Waals surface area contributed by atoms with Crippen LogP contribution in [0.2, 0.25) is 0 Å². The number of fused-ring (bicyclic) bond motifs is 3. The van der Waals surface area contributed by atoms with E-state index in [1.807, 2.05) is 66.7 Å². The predicted octanol–water partition coefficient (Wildman–Crippen LogP) is 6.61. The maximum atomic E-state index is 6.36. The standard InChI is InChI=1S/C27H18BrN3O/c28-19-11-6-10-18(16-19)26-29-25(17-8-2-1-3-9-17)30-27(31-26)22-14-7-13-21-20-12-4-5-15-23(20)32-24(21)22/h1-16,20,23H. The van der Waals surface area contributed by atoms with Gasteiger partial charge in [-0.05, 0) is 24.3 Å². The van der Waals surface area contributed by atoms with E-state index in [1.54, 1.807) is 0 Å². The Kier molecular flexibility index (Phi) is 4.69. The Morgan fingerprint density at radius 2 is 1.41 bits per heavy atom. The summed E-state index contributed by atoms with van der Waals surface area (Å²) < 4.78 is 7.34. The second-order valence-corrected chi connectivity index (χ2v) is 8.70. The number of halogens is 1. The number of aromatic nitrogens is 3. The number of nitrogens with zero attached hydrogens (tertiary/aromatic N) is 3. The molecular formula is C27H18BrN3O. The van der Waals surface area contributed by atoms with Crippen molar-refractivity contribution in [1.82, 2.24) is 15.0 Å². The van der Waals surface area contributed by atoms with Crippen molar-refractivity contribution in [3.63, 3.8) is 0 Å². The minimum absolute atomic E-state index is 0.0103. The Morgan fingerprint density at radius 3 is 2.25 bits per heavy atom. The number of ether oxygens (including phenoxy) is 1. The number of allylic oxidation sites excluding steroid dienone is 2. The molecule has 0 spiro atoms. The molecule has 2 heterocycles. The zero-order valence-electron chi connectivity index (χ0n) is 17.0. The molecule has 0 fully saturated rings. The summed E-state index contributed by atoms with van der Waals surface area (Å²) in [6.07, 6.45) is 8.42. The lowest BCUT2D eigenvalue weighted by Gasteiger charge is -2.14. The van der Waals surface area contributed by atoms with Gasteiger partial charge >= 0.3 is 0 Å². The lowest BCUT2D eigenvalue weighted by Crippen LogP contribution is -2.15. The van der Waals surface area contributed by atoms with Crippen molar-refractivity contribution in [1.29, 1.82) is 0 Å². The van der Waals surface area contributed by atoms with Gasteiger partial charge < -0.3 is 4.74 Å². The molecule has 4 nitrogen and oxygen atoms in total. The molecule has 2 aliphatic rings. The Bertz CT molecular complexity index is 1380. The smallest absolute Gasteiger partial charge is 0.167 e. The van der Waals surface area contributed by atoms with Crippen LogP contribution in [0.15, 0.2) is 102 Å². The van der Waals surface area contributed by atoms with Crippen LogP contribution in [-0.2, 0) is 0 Å². The van der Waals surface area contributed by atoms with Crippen molar-refractivity contribution in [2.24, 2.45) is 0 Å². The van der Waals surface area contributed by atoms with Crippen molar-refractivity contribution in [3.8, 4) is 39.9 Å². The number of benzene rings is 3. The first-order valence-electron chi connectivity index (χ1n) is 10.5. The highest BCUT2D eigenvalue weighted by Crippen LogP contribution is 2.46. The molecule has 6 rings (SSSR count). The summed E-state index contributed by atoms with van der Waals surface area (Å²) in [5.41, 5.74) is 3.92. The average molecular weight is 480 g/mol. The molecule has 0 amide bonds. The molecule has 0 saturated heterocycles. The van der Waals surface area contributed by atoms with Crippen LogP contribution in [0.4, 0.5) is 0 Å². The van der Waals surface area contributed by atoms with Crippen molar-refractivity contribution >= 4 is 15.9 Å². The molecule has 1 aliphatic carbocycles. The first kappa shape index (κ1) is 19.1. The fourth-order valence-electron chi connectivity index (χ4n) is 4.21. The summed E-state index contributed by atoms with van der Waals surface area (Å²) in [5, 5.41) is 0. The second kappa shape index (κ2) is 7.84. The minimum atomic E-state index is 0.0103. The van der Waals surface area contributed by atoms with E-state index in [0.29, 0.717) is 17.5 Å². The van der Waals surface area contributed by atoms with E-state index in [4.69, 9.17) is 19.7 Å². The maximum Gasteiger partial charge on any atom is 0.167 e. The lowest BCUT2D eigenvalue weighted by molar-refractivity contribution is 0.269. The van der Waals surface area contributed by atoms with Crippen molar-refractivity contribution in [2.45, 2.75) is 12.0 Å². The van der Waals surface area contributed by atoms with Crippen molar-refractivity contribution < 1.29 is 4.74 Å². The van der Waals surface area contributed by atoms with Gasteiger partial charge in [0, 0.05) is 27.1 Å². The molecule has 1 aliphatic heterocycles. The fourth-order valence-corrected chi connectivity index (χ4v) is 4.61. The van der Waals surface area contributed by atoms with Gasteiger partial charge in [-0.1, -0.05) is 88.8 Å². The molecule has 154 valence electrons. The van der Waals surface area contributed by atoms with Gasteiger partial charge in [-0.3, -0.25) is 0 Å². The predicted molar refractivity (Wildman–Crippen MR) is 129 cm³/mol. The maximum absolute atomic E-state index is 6.36. The summed E-state index contributed by atoms with van der Waals surface area (Å²) in [6, 6.07) is 24.2. The molecule has 0 bridgehead atoms. The van der Waals surface area contributed by atoms with Gasteiger partial charge in [-0.2, -0.15) is 0 Å². The first-order chi connectivity index (χ1) is 15.8. The summed E-state index contributed by atoms with van der Waals surface area (Å²) in [7, 11) is 0. The first-order valence-corrected chi connectivity index (χ1v) is 11.3. The third-order valence-electron chi connectivity index (χ3n) is 5.73. The highest BCUT2D eigenvalue weighted by Gasteiger charge is 2.34. The number of rotatable bonds is 3. The molecule has 4 aromatic rings. The molecular weight excluding hydrogens is 462 g/mol. The average Bonchev–Trinajstić information content (AvgIpc) is 3.23. The molecule has 32 heavy (non-hydrogen) atoms. The minimum Gasteiger partial charge on any atom is -0.484 e. The number of hydrogen-bond acceptors (Lipinski definition) is 4. The largest absolute Gasteiger partial charge is 0.484 e. The Morgan fingerprint density at radius 1 is 0.688 bits per heavy atom. The summed E-state index contributed by atoms with van der Waals surface area (Å²) in [5.74, 6) is 2.94. The van der Waals surface area contributed by atoms with Gasteiger partial charge in [-0.15, -0.1) is 0 Å². The fraction of sp³-hybridized carbons (Fsp3) is 0.0741. The summed E-state index contributed by atoms with van der Waals surface area (Å²) >= 11 is 3.56. The van der Waals surface area contributed by atoms with Gasteiger partial charge in [0.1, 0.15) is 11.9 Å². The van der Waals surface area contributed by atoms with Crippen LogP contribution >= 0.6 is 15.9 Å². The van der Waals surface area contributed by atoms with Gasteiger partial charge in [0.15, 0.2) is 17.5 Å². The van der Waals surface area contributed by atoms with Crippen LogP contribution in [-0.4, -0.2) is 21.1 Å². The van der Waals surface area contributed by atoms with Crippen molar-refractivity contribution in [3.05, 3.63) is 107 Å². The Labute approximate surface area is 194 Å². The highest BCUT2D eigenvalue weighted by molar-refractivity contribution is 9.10. The Hall–Kier alpha value is -3.57. The monoisotopic (exact) mass is 479 g/mol. The molecule has 2 atom stereocenters. The van der Waals surface area contributed by atoms with Crippen LogP contribution in [0.5, 0.6) is 5.75 Å². The van der Waals surface area contributed by atoms with E-state index in [-0.39, 0.29) is 12.0 Å². The molecule has 0 N–H and O–H groups in total. The zero-order valence-corrected chi connectivity index (χ0v) is 18.6. The van der Waals surface area contributed by atoms with E-state index in [1.165, 1.54) is 5.56 Å². The van der Waals surface area contributed by atoms with Crippen molar-refractivity contribution in [2.75, 3.05) is 0 Å². The van der Waals surface area contributed by atoms with Gasteiger partial charge in [0.25, 0.3) is 0 Å². The third kappa shape index (κ3) is 3.35. The molecule has 5 heteroatoms. The van der Waals surface area contributed by atoms with E-state index in [0.717, 1.165) is 26.9 Å².